The largest absolute Gasteiger partial charge is 0.468 e. The van der Waals surface area contributed by atoms with E-state index in [4.69, 9.17) is 4.42 Å². The Balaban J connectivity index is 1.58. The number of furan rings is 1. The number of hydrogen-bond acceptors (Lipinski definition) is 7. The summed E-state index contributed by atoms with van der Waals surface area (Å²) in [5, 5.41) is 0. The van der Waals surface area contributed by atoms with E-state index in [-0.39, 0.29) is 17.5 Å². The average Bonchev–Trinajstić information content (AvgIpc) is 3.36. The Kier molecular flexibility index (Phi) is 4.55. The smallest absolute Gasteiger partial charge is 0.242 e. The van der Waals surface area contributed by atoms with E-state index in [2.05, 4.69) is 18.4 Å². The maximum Gasteiger partial charge on any atom is 0.242 e. The normalized spacial score (nSPS) is 17.3. The first-order chi connectivity index (χ1) is 12.1. The van der Waals surface area contributed by atoms with Crippen molar-refractivity contribution < 1.29 is 12.8 Å². The fourth-order valence-corrected chi connectivity index (χ4v) is 5.01. The molecule has 1 N–H and O–H groups in total. The second-order valence-electron chi connectivity index (χ2n) is 6.01. The van der Waals surface area contributed by atoms with Crippen molar-refractivity contribution in [3.63, 3.8) is 0 Å². The molecule has 3 heterocycles. The van der Waals surface area contributed by atoms with Gasteiger partial charge in [0.25, 0.3) is 0 Å². The summed E-state index contributed by atoms with van der Waals surface area (Å²) in [6, 6.07) is 8.61. The van der Waals surface area contributed by atoms with Crippen molar-refractivity contribution in [3.05, 3.63) is 42.4 Å². The summed E-state index contributed by atoms with van der Waals surface area (Å²) in [7, 11) is -3.69. The molecule has 0 bridgehead atoms. The first-order valence-corrected chi connectivity index (χ1v) is 10.3. The lowest BCUT2D eigenvalue weighted by atomic mass is 10.2. The highest BCUT2D eigenvalue weighted by molar-refractivity contribution is 7.89. The highest BCUT2D eigenvalue weighted by atomic mass is 32.2. The van der Waals surface area contributed by atoms with Crippen LogP contribution in [0.4, 0.5) is 0 Å². The minimum Gasteiger partial charge on any atom is -0.468 e. The molecule has 4 rings (SSSR count). The lowest BCUT2D eigenvalue weighted by Gasteiger charge is -2.25. The fourth-order valence-electron chi connectivity index (χ4n) is 3.21. The number of fused-ring (bicyclic) bond motifs is 1. The molecular weight excluding hydrogens is 360 g/mol. The SMILES string of the molecule is O=S(=O)(NCC(c1ccco1)N1CCCC1)c1cccc2nsnc12. The van der Waals surface area contributed by atoms with Crippen LogP contribution in [0.3, 0.4) is 0 Å². The minimum atomic E-state index is -3.69. The minimum absolute atomic E-state index is 0.111. The third-order valence-corrected chi connectivity index (χ3v) is 6.46. The number of aromatic nitrogens is 2. The van der Waals surface area contributed by atoms with Crippen LogP contribution >= 0.6 is 11.7 Å². The molecule has 0 saturated carbocycles. The van der Waals surface area contributed by atoms with Crippen LogP contribution in [0.15, 0.2) is 45.9 Å². The summed E-state index contributed by atoms with van der Waals surface area (Å²) in [5.41, 5.74) is 1.01. The molecule has 1 aliphatic rings. The lowest BCUT2D eigenvalue weighted by molar-refractivity contribution is 0.216. The van der Waals surface area contributed by atoms with E-state index in [1.165, 1.54) is 0 Å². The van der Waals surface area contributed by atoms with E-state index in [0.29, 0.717) is 11.0 Å². The molecule has 0 spiro atoms. The highest BCUT2D eigenvalue weighted by Crippen LogP contribution is 2.26. The van der Waals surface area contributed by atoms with Gasteiger partial charge < -0.3 is 4.42 Å². The molecule has 1 unspecified atom stereocenters. The Morgan fingerprint density at radius 1 is 1.20 bits per heavy atom. The molecule has 25 heavy (non-hydrogen) atoms. The topological polar surface area (TPSA) is 88.3 Å². The molecule has 0 radical (unpaired) electrons. The van der Waals surface area contributed by atoms with Gasteiger partial charge in [-0.2, -0.15) is 8.75 Å². The molecule has 7 nitrogen and oxygen atoms in total. The van der Waals surface area contributed by atoms with Crippen molar-refractivity contribution >= 4 is 32.8 Å². The zero-order valence-corrected chi connectivity index (χ0v) is 15.1. The van der Waals surface area contributed by atoms with Gasteiger partial charge in [0.1, 0.15) is 21.7 Å². The van der Waals surface area contributed by atoms with E-state index in [9.17, 15) is 8.42 Å². The summed E-state index contributed by atoms with van der Waals surface area (Å²) in [6.07, 6.45) is 3.86. The van der Waals surface area contributed by atoms with Crippen LogP contribution in [-0.2, 0) is 10.0 Å². The van der Waals surface area contributed by atoms with Crippen molar-refractivity contribution in [3.8, 4) is 0 Å². The maximum absolute atomic E-state index is 12.8. The molecule has 0 aliphatic carbocycles. The van der Waals surface area contributed by atoms with Gasteiger partial charge in [0.05, 0.1) is 24.0 Å². The van der Waals surface area contributed by atoms with Crippen LogP contribution in [-0.4, -0.2) is 41.7 Å². The maximum atomic E-state index is 12.8. The zero-order valence-electron chi connectivity index (χ0n) is 13.5. The van der Waals surface area contributed by atoms with Crippen LogP contribution in [0, 0.1) is 0 Å². The van der Waals surface area contributed by atoms with Gasteiger partial charge in [0, 0.05) is 6.54 Å². The fraction of sp³-hybridized carbons (Fsp3) is 0.375. The molecule has 1 atom stereocenters. The third-order valence-electron chi connectivity index (χ3n) is 4.46. The van der Waals surface area contributed by atoms with Gasteiger partial charge in [0.15, 0.2) is 0 Å². The van der Waals surface area contributed by atoms with E-state index in [1.807, 2.05) is 12.1 Å². The number of sulfonamides is 1. The van der Waals surface area contributed by atoms with Crippen LogP contribution < -0.4 is 4.72 Å². The lowest BCUT2D eigenvalue weighted by Crippen LogP contribution is -2.36. The molecule has 2 aromatic heterocycles. The van der Waals surface area contributed by atoms with E-state index < -0.39 is 10.0 Å². The van der Waals surface area contributed by atoms with Gasteiger partial charge in [-0.1, -0.05) is 6.07 Å². The van der Waals surface area contributed by atoms with Gasteiger partial charge in [0.2, 0.25) is 10.0 Å². The second-order valence-corrected chi connectivity index (χ2v) is 8.28. The molecule has 1 aliphatic heterocycles. The Bertz CT molecular complexity index is 947. The van der Waals surface area contributed by atoms with E-state index in [1.54, 1.807) is 24.5 Å². The van der Waals surface area contributed by atoms with Gasteiger partial charge in [-0.25, -0.2) is 13.1 Å². The van der Waals surface area contributed by atoms with Gasteiger partial charge in [-0.15, -0.1) is 0 Å². The molecule has 132 valence electrons. The summed E-state index contributed by atoms with van der Waals surface area (Å²) in [6.45, 7) is 2.14. The Morgan fingerprint density at radius 2 is 2.04 bits per heavy atom. The summed E-state index contributed by atoms with van der Waals surface area (Å²) >= 11 is 1.01. The standard InChI is InChI=1S/C16H18N4O3S2/c21-25(22,15-7-3-5-12-16(15)19-24-18-12)17-11-13(14-6-4-10-23-14)20-8-1-2-9-20/h3-7,10,13,17H,1-2,8-9,11H2. The van der Waals surface area contributed by atoms with Crippen LogP contribution in [0.5, 0.6) is 0 Å². The van der Waals surface area contributed by atoms with E-state index >= 15 is 0 Å². The van der Waals surface area contributed by atoms with Gasteiger partial charge in [-0.05, 0) is 50.2 Å². The van der Waals surface area contributed by atoms with Crippen molar-refractivity contribution in [2.45, 2.75) is 23.8 Å². The molecule has 0 amide bonds. The van der Waals surface area contributed by atoms with Crippen molar-refractivity contribution in [1.29, 1.82) is 0 Å². The zero-order chi connectivity index (χ0) is 17.3. The first-order valence-electron chi connectivity index (χ1n) is 8.13. The molecule has 1 fully saturated rings. The molecule has 1 saturated heterocycles. The monoisotopic (exact) mass is 378 g/mol. The quantitative estimate of drug-likeness (QED) is 0.709. The third kappa shape index (κ3) is 3.32. The Labute approximate surface area is 150 Å². The number of nitrogens with zero attached hydrogens (tertiary/aromatic N) is 3. The van der Waals surface area contributed by atoms with Crippen LogP contribution in [0.1, 0.15) is 24.6 Å². The second kappa shape index (κ2) is 6.83. The average molecular weight is 378 g/mol. The Hall–Kier alpha value is -1.81. The van der Waals surface area contributed by atoms with E-state index in [0.717, 1.165) is 43.4 Å². The predicted molar refractivity (Wildman–Crippen MR) is 94.9 cm³/mol. The molecular formula is C16H18N4O3S2. The number of hydrogen-bond donors (Lipinski definition) is 1. The van der Waals surface area contributed by atoms with Gasteiger partial charge >= 0.3 is 0 Å². The number of nitrogens with one attached hydrogen (secondary N) is 1. The van der Waals surface area contributed by atoms with Gasteiger partial charge in [-0.3, -0.25) is 4.90 Å². The predicted octanol–water partition coefficient (Wildman–Crippen LogP) is 2.40. The molecule has 1 aromatic carbocycles. The highest BCUT2D eigenvalue weighted by Gasteiger charge is 2.28. The molecule has 3 aromatic rings. The number of rotatable bonds is 6. The Morgan fingerprint density at radius 3 is 2.80 bits per heavy atom. The van der Waals surface area contributed by atoms with Crippen LogP contribution in [0.25, 0.3) is 11.0 Å². The van der Waals surface area contributed by atoms with Crippen molar-refractivity contribution in [1.82, 2.24) is 18.4 Å². The van der Waals surface area contributed by atoms with Crippen molar-refractivity contribution in [2.75, 3.05) is 19.6 Å². The van der Waals surface area contributed by atoms with Crippen LogP contribution in [0.2, 0.25) is 0 Å². The number of likely N-dealkylation sites (tertiary alicyclic amines) is 1. The summed E-state index contributed by atoms with van der Waals surface area (Å²) in [5.74, 6) is 0.776. The van der Waals surface area contributed by atoms with Crippen molar-refractivity contribution in [2.24, 2.45) is 0 Å². The molecule has 9 heteroatoms. The number of benzene rings is 1. The summed E-state index contributed by atoms with van der Waals surface area (Å²) < 4.78 is 42.1. The summed E-state index contributed by atoms with van der Waals surface area (Å²) in [4.78, 5) is 2.42. The first kappa shape index (κ1) is 16.6.